The molecule has 6 nitrogen and oxygen atoms in total. The zero-order valence-electron chi connectivity index (χ0n) is 17.4. The Bertz CT molecular complexity index is 479. The Balaban J connectivity index is 0.00000364. The highest BCUT2D eigenvalue weighted by Crippen LogP contribution is 2.23. The van der Waals surface area contributed by atoms with E-state index in [2.05, 4.69) is 34.4 Å². The van der Waals surface area contributed by atoms with Crippen molar-refractivity contribution in [1.29, 1.82) is 0 Å². The van der Waals surface area contributed by atoms with Crippen molar-refractivity contribution in [3.8, 4) is 0 Å². The maximum absolute atomic E-state index is 12.1. The average Bonchev–Trinajstić information content (AvgIpc) is 2.64. The fourth-order valence-electron chi connectivity index (χ4n) is 3.94. The lowest BCUT2D eigenvalue weighted by Gasteiger charge is -2.34. The highest BCUT2D eigenvalue weighted by molar-refractivity contribution is 14.0. The highest BCUT2D eigenvalue weighted by Gasteiger charge is 2.26. The van der Waals surface area contributed by atoms with Crippen LogP contribution >= 0.6 is 24.0 Å². The zero-order chi connectivity index (χ0) is 18.9. The Morgan fingerprint density at radius 2 is 2.15 bits per heavy atom. The van der Waals surface area contributed by atoms with Crippen molar-refractivity contribution in [1.82, 2.24) is 15.5 Å². The van der Waals surface area contributed by atoms with Gasteiger partial charge < -0.3 is 15.4 Å². The molecule has 0 amide bonds. The Kier molecular flexibility index (Phi) is 12.4. The molecule has 1 aliphatic carbocycles. The van der Waals surface area contributed by atoms with Gasteiger partial charge in [0.15, 0.2) is 5.96 Å². The minimum atomic E-state index is -0.693. The molecule has 0 bridgehead atoms. The molecule has 1 aliphatic heterocycles. The van der Waals surface area contributed by atoms with Crippen LogP contribution in [0.15, 0.2) is 4.99 Å². The van der Waals surface area contributed by atoms with E-state index < -0.39 is 10.8 Å². The molecule has 0 spiro atoms. The molecule has 27 heavy (non-hydrogen) atoms. The number of ether oxygens (including phenoxy) is 1. The molecule has 1 heterocycles. The summed E-state index contributed by atoms with van der Waals surface area (Å²) in [5.74, 6) is 2.28. The second-order valence-electron chi connectivity index (χ2n) is 7.90. The minimum absolute atomic E-state index is 0. The van der Waals surface area contributed by atoms with E-state index in [0.29, 0.717) is 17.2 Å². The van der Waals surface area contributed by atoms with Crippen LogP contribution in [0.3, 0.4) is 0 Å². The van der Waals surface area contributed by atoms with Crippen LogP contribution in [-0.4, -0.2) is 78.1 Å². The molecule has 2 fully saturated rings. The summed E-state index contributed by atoms with van der Waals surface area (Å²) in [4.78, 5) is 6.86. The van der Waals surface area contributed by atoms with E-state index in [9.17, 15) is 4.21 Å². The first-order chi connectivity index (χ1) is 12.5. The van der Waals surface area contributed by atoms with Crippen LogP contribution in [0.2, 0.25) is 0 Å². The van der Waals surface area contributed by atoms with Crippen molar-refractivity contribution in [2.24, 2.45) is 10.9 Å². The lowest BCUT2D eigenvalue weighted by molar-refractivity contribution is -0.0284. The fraction of sp³-hybridized carbons (Fsp3) is 0.947. The maximum atomic E-state index is 12.1. The molecule has 160 valence electrons. The number of hydrogen-bond acceptors (Lipinski definition) is 4. The zero-order valence-corrected chi connectivity index (χ0v) is 20.6. The Labute approximate surface area is 185 Å². The van der Waals surface area contributed by atoms with Gasteiger partial charge in [0.2, 0.25) is 0 Å². The van der Waals surface area contributed by atoms with Gasteiger partial charge in [-0.2, -0.15) is 0 Å². The average molecular weight is 515 g/mol. The summed E-state index contributed by atoms with van der Waals surface area (Å²) in [7, 11) is 1.12. The van der Waals surface area contributed by atoms with Gasteiger partial charge in [-0.05, 0) is 25.2 Å². The van der Waals surface area contributed by atoms with E-state index in [1.54, 1.807) is 0 Å². The predicted molar refractivity (Wildman–Crippen MR) is 126 cm³/mol. The van der Waals surface area contributed by atoms with Crippen molar-refractivity contribution in [3.05, 3.63) is 0 Å². The lowest BCUT2D eigenvalue weighted by Crippen LogP contribution is -2.52. The quantitative estimate of drug-likeness (QED) is 0.310. The van der Waals surface area contributed by atoms with Crippen LogP contribution < -0.4 is 10.6 Å². The molecule has 0 radical (unpaired) electrons. The second kappa shape index (κ2) is 13.3. The molecule has 4 unspecified atom stereocenters. The monoisotopic (exact) mass is 514 g/mol. The summed E-state index contributed by atoms with van der Waals surface area (Å²) in [5, 5.41) is 7.29. The number of nitrogens with one attached hydrogen (secondary N) is 2. The number of hydrogen-bond donors (Lipinski definition) is 2. The van der Waals surface area contributed by atoms with Crippen molar-refractivity contribution < 1.29 is 8.95 Å². The summed E-state index contributed by atoms with van der Waals surface area (Å²) in [6.07, 6.45) is 4.53. The number of aliphatic imine (C=N–C) groups is 1. The molecule has 0 aromatic rings. The van der Waals surface area contributed by atoms with Gasteiger partial charge in [-0.3, -0.25) is 14.1 Å². The van der Waals surface area contributed by atoms with Gasteiger partial charge in [0.05, 0.1) is 12.7 Å². The van der Waals surface area contributed by atoms with Crippen LogP contribution in [0.5, 0.6) is 0 Å². The number of nitrogens with zero attached hydrogens (tertiary/aromatic N) is 2. The molecule has 0 aromatic heterocycles. The van der Waals surface area contributed by atoms with Crippen LogP contribution in [0.4, 0.5) is 0 Å². The van der Waals surface area contributed by atoms with Gasteiger partial charge >= 0.3 is 0 Å². The Morgan fingerprint density at radius 3 is 2.81 bits per heavy atom. The fourth-order valence-corrected chi connectivity index (χ4v) is 5.28. The first-order valence-electron chi connectivity index (χ1n) is 10.2. The van der Waals surface area contributed by atoms with Crippen molar-refractivity contribution in [3.63, 3.8) is 0 Å². The van der Waals surface area contributed by atoms with Crippen molar-refractivity contribution in [2.45, 2.75) is 63.9 Å². The molecule has 1 saturated carbocycles. The van der Waals surface area contributed by atoms with Crippen LogP contribution in [-0.2, 0) is 15.5 Å². The van der Waals surface area contributed by atoms with Gasteiger partial charge in [-0.15, -0.1) is 24.0 Å². The van der Waals surface area contributed by atoms with E-state index in [1.807, 2.05) is 14.0 Å². The molecule has 0 aromatic carbocycles. The molecule has 2 N–H and O–H groups in total. The van der Waals surface area contributed by atoms with Crippen LogP contribution in [0.25, 0.3) is 0 Å². The first kappa shape index (κ1) is 25.1. The van der Waals surface area contributed by atoms with Gasteiger partial charge in [-0.1, -0.05) is 27.2 Å². The SMILES string of the molecule is CCS(=O)C1CCCC(NC(=NC)NCC2CN(CC(C)C)CCO2)C1.I. The molecule has 8 heteroatoms. The van der Waals surface area contributed by atoms with Crippen LogP contribution in [0.1, 0.15) is 46.5 Å². The third-order valence-corrected chi connectivity index (χ3v) is 6.93. The third kappa shape index (κ3) is 8.95. The van der Waals surface area contributed by atoms with Gasteiger partial charge in [0.25, 0.3) is 0 Å². The second-order valence-corrected chi connectivity index (χ2v) is 9.90. The number of halogens is 1. The van der Waals surface area contributed by atoms with Crippen LogP contribution in [0, 0.1) is 5.92 Å². The minimum Gasteiger partial charge on any atom is -0.374 e. The molecular formula is C19H39IN4O2S. The van der Waals surface area contributed by atoms with Crippen molar-refractivity contribution >= 4 is 40.7 Å². The molecule has 2 rings (SSSR count). The molecule has 2 aliphatic rings. The van der Waals surface area contributed by atoms with E-state index in [4.69, 9.17) is 4.74 Å². The highest BCUT2D eigenvalue weighted by atomic mass is 127. The normalized spacial score (nSPS) is 28.5. The Hall–Kier alpha value is 0.0700. The smallest absolute Gasteiger partial charge is 0.191 e. The van der Waals surface area contributed by atoms with E-state index in [1.165, 1.54) is 0 Å². The topological polar surface area (TPSA) is 66.0 Å². The summed E-state index contributed by atoms with van der Waals surface area (Å²) in [6, 6.07) is 0.361. The largest absolute Gasteiger partial charge is 0.374 e. The third-order valence-electron chi connectivity index (χ3n) is 5.19. The number of rotatable bonds is 7. The van der Waals surface area contributed by atoms with Gasteiger partial charge in [0, 0.05) is 61.1 Å². The summed E-state index contributed by atoms with van der Waals surface area (Å²) in [5.41, 5.74) is 0. The van der Waals surface area contributed by atoms with E-state index in [-0.39, 0.29) is 30.1 Å². The maximum Gasteiger partial charge on any atom is 0.191 e. The van der Waals surface area contributed by atoms with Gasteiger partial charge in [0.1, 0.15) is 0 Å². The number of guanidine groups is 1. The number of morpholine rings is 1. The van der Waals surface area contributed by atoms with E-state index >= 15 is 0 Å². The van der Waals surface area contributed by atoms with Crippen molar-refractivity contribution in [2.75, 3.05) is 45.6 Å². The van der Waals surface area contributed by atoms with E-state index in [0.717, 1.165) is 70.2 Å². The lowest BCUT2D eigenvalue weighted by atomic mass is 9.95. The molecule has 4 atom stereocenters. The first-order valence-corrected chi connectivity index (χ1v) is 11.6. The molecular weight excluding hydrogens is 475 g/mol. The Morgan fingerprint density at radius 1 is 1.37 bits per heavy atom. The summed E-state index contributed by atoms with van der Waals surface area (Å²) < 4.78 is 18.0. The summed E-state index contributed by atoms with van der Waals surface area (Å²) in [6.45, 7) is 11.2. The van der Waals surface area contributed by atoms with Gasteiger partial charge in [-0.25, -0.2) is 0 Å². The standard InChI is InChI=1S/C19H38N4O2S.HI/c1-5-26(24)18-8-6-7-16(11-18)22-19(20-4)21-12-17-14-23(9-10-25-17)13-15(2)3;/h15-18H,5-14H2,1-4H3,(H2,20,21,22);1H. The molecule has 1 saturated heterocycles. The predicted octanol–water partition coefficient (Wildman–Crippen LogP) is 2.21. The summed E-state index contributed by atoms with van der Waals surface area (Å²) >= 11 is 0.